The number of rotatable bonds is 3. The highest BCUT2D eigenvalue weighted by Crippen LogP contribution is 2.52. The number of hydrogen-bond donors (Lipinski definition) is 0. The molecule has 2 fully saturated rings. The summed E-state index contributed by atoms with van der Waals surface area (Å²) in [6.45, 7) is 2.66. The third-order valence-electron chi connectivity index (χ3n) is 6.32. The van der Waals surface area contributed by atoms with Gasteiger partial charge in [0.25, 0.3) is 5.91 Å². The summed E-state index contributed by atoms with van der Waals surface area (Å²) >= 11 is 9.00. The summed E-state index contributed by atoms with van der Waals surface area (Å²) in [5.41, 5.74) is 0.379. The van der Waals surface area contributed by atoms with Crippen molar-refractivity contribution in [1.82, 2.24) is 4.90 Å². The van der Waals surface area contributed by atoms with E-state index >= 15 is 0 Å². The average molecular weight is 538 g/mol. The molecule has 2 aromatic rings. The number of anilines is 1. The van der Waals surface area contributed by atoms with Crippen LogP contribution in [0, 0.1) is 0 Å². The Morgan fingerprint density at radius 1 is 1.09 bits per heavy atom. The summed E-state index contributed by atoms with van der Waals surface area (Å²) in [5, 5.41) is 1.87. The minimum Gasteiger partial charge on any atom is -0.334 e. The summed E-state index contributed by atoms with van der Waals surface area (Å²) in [4.78, 5) is 23.8. The minimum absolute atomic E-state index is 0.00954. The summed E-state index contributed by atoms with van der Waals surface area (Å²) in [6, 6.07) is 10.6. The lowest BCUT2D eigenvalue weighted by Gasteiger charge is -2.30. The molecule has 2 aromatic carbocycles. The summed E-state index contributed by atoms with van der Waals surface area (Å²) < 4.78 is 39.8. The first-order valence-corrected chi connectivity index (χ1v) is 13.5. The van der Waals surface area contributed by atoms with Crippen LogP contribution in [0.3, 0.4) is 0 Å². The van der Waals surface area contributed by atoms with Crippen LogP contribution >= 0.6 is 35.1 Å². The monoisotopic (exact) mass is 537 g/mol. The van der Waals surface area contributed by atoms with Crippen molar-refractivity contribution in [3.63, 3.8) is 0 Å². The first kappa shape index (κ1) is 24.6. The van der Waals surface area contributed by atoms with Gasteiger partial charge in [0.2, 0.25) is 0 Å². The fraction of sp³-hybridized carbons (Fsp3) is 0.360. The number of thioether (sulfide) groups is 2. The molecule has 0 aromatic heterocycles. The van der Waals surface area contributed by atoms with E-state index < -0.39 is 11.7 Å². The van der Waals surface area contributed by atoms with Crippen molar-refractivity contribution in [3.8, 4) is 0 Å². The van der Waals surface area contributed by atoms with Crippen LogP contribution in [0.2, 0.25) is 5.02 Å². The number of halogens is 4. The Hall–Kier alpha value is -2.10. The fourth-order valence-corrected chi connectivity index (χ4v) is 7.25. The molecule has 1 saturated heterocycles. The molecule has 0 radical (unpaired) electrons. The molecule has 10 heteroatoms. The topological polar surface area (TPSA) is 35.9 Å². The Morgan fingerprint density at radius 2 is 1.86 bits per heavy atom. The average Bonchev–Trinajstić information content (AvgIpc) is 3.35. The largest absolute Gasteiger partial charge is 0.416 e. The third-order valence-corrected chi connectivity index (χ3v) is 8.91. The van der Waals surface area contributed by atoms with Crippen molar-refractivity contribution in [2.75, 3.05) is 11.4 Å². The first-order valence-electron chi connectivity index (χ1n) is 11.5. The lowest BCUT2D eigenvalue weighted by molar-refractivity contribution is -0.137. The standard InChI is InChI=1S/C25H23ClF3N3OS2/c1-2-31-19-14-16(26)11-12-20(19)34-23(31)21-22(33)32(18-9-4-3-5-10-18)24(35-21)30-17-8-6-7-15(13-17)25(27,28)29/h6-8,11-14,18H,2-5,9-10H2,1H3. The van der Waals surface area contributed by atoms with Crippen molar-refractivity contribution in [3.05, 3.63) is 63.0 Å². The molecule has 3 aliphatic rings. The number of carbonyl (C=O) groups is 1. The minimum atomic E-state index is -4.46. The van der Waals surface area contributed by atoms with E-state index in [4.69, 9.17) is 11.6 Å². The Balaban J connectivity index is 1.57. The molecule has 0 N–H and O–H groups in total. The second kappa shape index (κ2) is 9.75. The molecule has 0 unspecified atom stereocenters. The molecule has 0 spiro atoms. The number of carbonyl (C=O) groups excluding carboxylic acids is 1. The molecule has 1 saturated carbocycles. The lowest BCUT2D eigenvalue weighted by atomic mass is 9.94. The fourth-order valence-electron chi connectivity index (χ4n) is 4.65. The van der Waals surface area contributed by atoms with E-state index in [1.165, 1.54) is 35.7 Å². The highest BCUT2D eigenvalue weighted by atomic mass is 35.5. The van der Waals surface area contributed by atoms with E-state index in [1.807, 2.05) is 25.1 Å². The van der Waals surface area contributed by atoms with Crippen LogP contribution < -0.4 is 4.90 Å². The van der Waals surface area contributed by atoms with Gasteiger partial charge in [-0.25, -0.2) is 4.99 Å². The SMILES string of the molecule is CCN1C(=C2SC(=Nc3cccc(C(F)(F)F)c3)N(C3CCCCC3)C2=O)Sc2ccc(Cl)cc21. The van der Waals surface area contributed by atoms with E-state index in [9.17, 15) is 18.0 Å². The van der Waals surface area contributed by atoms with Gasteiger partial charge in [-0.2, -0.15) is 13.2 Å². The van der Waals surface area contributed by atoms with Gasteiger partial charge in [-0.15, -0.1) is 0 Å². The number of aliphatic imine (C=N–C) groups is 1. The Morgan fingerprint density at radius 3 is 2.57 bits per heavy atom. The summed E-state index contributed by atoms with van der Waals surface area (Å²) in [6.07, 6.45) is 0.409. The van der Waals surface area contributed by atoms with Gasteiger partial charge in [0, 0.05) is 22.5 Å². The summed E-state index contributed by atoms with van der Waals surface area (Å²) in [5.74, 6) is -0.132. The molecule has 35 heavy (non-hydrogen) atoms. The molecule has 0 bridgehead atoms. The maximum atomic E-state index is 13.8. The van der Waals surface area contributed by atoms with Gasteiger partial charge < -0.3 is 4.90 Å². The molecule has 5 rings (SSSR count). The number of alkyl halides is 3. The van der Waals surface area contributed by atoms with Gasteiger partial charge in [0.05, 0.1) is 16.9 Å². The quantitative estimate of drug-likeness (QED) is 0.371. The Labute approximate surface area is 215 Å². The number of benzene rings is 2. The molecule has 2 aliphatic heterocycles. The second-order valence-electron chi connectivity index (χ2n) is 8.60. The number of nitrogens with zero attached hydrogens (tertiary/aromatic N) is 3. The van der Waals surface area contributed by atoms with Gasteiger partial charge in [0.15, 0.2) is 5.17 Å². The van der Waals surface area contributed by atoms with Gasteiger partial charge in [-0.3, -0.25) is 9.69 Å². The molecular formula is C25H23ClF3N3OS2. The van der Waals surface area contributed by atoms with E-state index in [-0.39, 0.29) is 17.6 Å². The normalized spacial score (nSPS) is 22.4. The van der Waals surface area contributed by atoms with Crippen LogP contribution in [0.25, 0.3) is 0 Å². The summed E-state index contributed by atoms with van der Waals surface area (Å²) in [7, 11) is 0. The van der Waals surface area contributed by atoms with E-state index in [0.29, 0.717) is 21.6 Å². The number of amidine groups is 1. The van der Waals surface area contributed by atoms with Crippen molar-refractivity contribution in [2.45, 2.75) is 56.1 Å². The Kier molecular flexibility index (Phi) is 6.85. The zero-order valence-electron chi connectivity index (χ0n) is 18.9. The lowest BCUT2D eigenvalue weighted by Crippen LogP contribution is -2.40. The van der Waals surface area contributed by atoms with Crippen LogP contribution in [-0.2, 0) is 11.0 Å². The van der Waals surface area contributed by atoms with Crippen molar-refractivity contribution in [1.29, 1.82) is 0 Å². The number of fused-ring (bicyclic) bond motifs is 1. The van der Waals surface area contributed by atoms with Gasteiger partial charge in [-0.1, -0.05) is 48.7 Å². The number of amides is 1. The second-order valence-corrected chi connectivity index (χ2v) is 11.0. The van der Waals surface area contributed by atoms with E-state index in [2.05, 4.69) is 9.89 Å². The zero-order chi connectivity index (χ0) is 24.7. The molecular weight excluding hydrogens is 515 g/mol. The molecule has 4 nitrogen and oxygen atoms in total. The molecule has 0 atom stereocenters. The Bertz CT molecular complexity index is 1220. The van der Waals surface area contributed by atoms with E-state index in [1.54, 1.807) is 4.90 Å². The van der Waals surface area contributed by atoms with Crippen LogP contribution in [0.15, 0.2) is 62.3 Å². The zero-order valence-corrected chi connectivity index (χ0v) is 21.3. The molecule has 184 valence electrons. The van der Waals surface area contributed by atoms with Crippen molar-refractivity contribution in [2.24, 2.45) is 4.99 Å². The van der Waals surface area contributed by atoms with Crippen LogP contribution in [0.4, 0.5) is 24.5 Å². The number of hydrogen-bond acceptors (Lipinski definition) is 5. The highest BCUT2D eigenvalue weighted by Gasteiger charge is 2.43. The molecule has 1 amide bonds. The molecule has 1 aliphatic carbocycles. The molecule has 2 heterocycles. The van der Waals surface area contributed by atoms with Gasteiger partial charge >= 0.3 is 6.18 Å². The van der Waals surface area contributed by atoms with Gasteiger partial charge in [-0.05, 0) is 67.9 Å². The first-order chi connectivity index (χ1) is 16.8. The highest BCUT2D eigenvalue weighted by molar-refractivity contribution is 8.19. The van der Waals surface area contributed by atoms with E-state index in [0.717, 1.165) is 59.8 Å². The van der Waals surface area contributed by atoms with Crippen molar-refractivity contribution >= 4 is 57.6 Å². The third kappa shape index (κ3) is 4.82. The predicted molar refractivity (Wildman–Crippen MR) is 137 cm³/mol. The van der Waals surface area contributed by atoms with Crippen molar-refractivity contribution < 1.29 is 18.0 Å². The van der Waals surface area contributed by atoms with Gasteiger partial charge in [0.1, 0.15) is 9.93 Å². The van der Waals surface area contributed by atoms with Crippen LogP contribution in [0.5, 0.6) is 0 Å². The van der Waals surface area contributed by atoms with Crippen LogP contribution in [0.1, 0.15) is 44.6 Å². The maximum Gasteiger partial charge on any atom is 0.416 e. The maximum absolute atomic E-state index is 13.8. The predicted octanol–water partition coefficient (Wildman–Crippen LogP) is 8.06. The van der Waals surface area contributed by atoms with Crippen LogP contribution in [-0.4, -0.2) is 28.6 Å². The smallest absolute Gasteiger partial charge is 0.334 e.